The molecule has 5 nitrogen and oxygen atoms in total. The third kappa shape index (κ3) is 7.67. The lowest BCUT2D eigenvalue weighted by atomic mass is 10.1. The molecule has 0 radical (unpaired) electrons. The molecule has 0 heterocycles. The summed E-state index contributed by atoms with van der Waals surface area (Å²) in [6, 6.07) is 25.5. The van der Waals surface area contributed by atoms with Crippen molar-refractivity contribution in [1.82, 2.24) is 0 Å². The molecule has 0 aliphatic rings. The number of ether oxygens (including phenoxy) is 4. The maximum Gasteiger partial charge on any atom is 0.155 e. The number of nitrogens with zero attached hydrogens (tertiary/aromatic N) is 1. The third-order valence-corrected chi connectivity index (χ3v) is 5.45. The van der Waals surface area contributed by atoms with E-state index in [1.54, 1.807) is 0 Å². The highest BCUT2D eigenvalue weighted by molar-refractivity contribution is 5.76. The van der Waals surface area contributed by atoms with Crippen LogP contribution in [0.3, 0.4) is 0 Å². The van der Waals surface area contributed by atoms with Crippen molar-refractivity contribution in [2.24, 2.45) is 0 Å². The second-order valence-electron chi connectivity index (χ2n) is 8.17. The Kier molecular flexibility index (Phi) is 10.1. The van der Waals surface area contributed by atoms with Gasteiger partial charge in [-0.25, -0.2) is 0 Å². The molecule has 0 aliphatic heterocycles. The van der Waals surface area contributed by atoms with Crippen LogP contribution in [0.5, 0.6) is 0 Å². The van der Waals surface area contributed by atoms with Gasteiger partial charge >= 0.3 is 0 Å². The van der Waals surface area contributed by atoms with Crippen molar-refractivity contribution in [3.63, 3.8) is 0 Å². The first kappa shape index (κ1) is 25.9. The second kappa shape index (κ2) is 13.3. The summed E-state index contributed by atoms with van der Waals surface area (Å²) >= 11 is 0. The van der Waals surface area contributed by atoms with Gasteiger partial charge in [0.05, 0.1) is 13.2 Å². The average Bonchev–Trinajstić information content (AvgIpc) is 2.85. The van der Waals surface area contributed by atoms with E-state index in [-0.39, 0.29) is 12.6 Å². The molecule has 0 aromatic heterocycles. The second-order valence-corrected chi connectivity index (χ2v) is 8.17. The molecular formula is C29H37NO4. The molecular weight excluding hydrogens is 426 g/mol. The SMILES string of the molecule is CCOC(C)OCc1ccc(N(c2ccc(C)cc2)c2ccc(COC(C)OCC)cc2)cc1. The molecule has 182 valence electrons. The fourth-order valence-electron chi connectivity index (χ4n) is 3.62. The van der Waals surface area contributed by atoms with Gasteiger partial charge in [-0.1, -0.05) is 42.0 Å². The Morgan fingerprint density at radius 1 is 0.559 bits per heavy atom. The van der Waals surface area contributed by atoms with E-state index >= 15 is 0 Å². The molecule has 0 amide bonds. The number of benzene rings is 3. The van der Waals surface area contributed by atoms with Gasteiger partial charge in [0.15, 0.2) is 12.6 Å². The molecule has 0 aliphatic carbocycles. The lowest BCUT2D eigenvalue weighted by Gasteiger charge is -2.26. The van der Waals surface area contributed by atoms with Crippen molar-refractivity contribution in [1.29, 1.82) is 0 Å². The van der Waals surface area contributed by atoms with Gasteiger partial charge in [-0.15, -0.1) is 0 Å². The summed E-state index contributed by atoms with van der Waals surface area (Å²) in [5.74, 6) is 0. The van der Waals surface area contributed by atoms with Gasteiger partial charge in [0.25, 0.3) is 0 Å². The highest BCUT2D eigenvalue weighted by Crippen LogP contribution is 2.35. The zero-order valence-electron chi connectivity index (χ0n) is 21.0. The number of rotatable bonds is 13. The normalized spacial score (nSPS) is 13.0. The summed E-state index contributed by atoms with van der Waals surface area (Å²) in [6.07, 6.45) is -0.430. The molecule has 2 atom stereocenters. The predicted molar refractivity (Wildman–Crippen MR) is 138 cm³/mol. The zero-order valence-corrected chi connectivity index (χ0v) is 21.0. The van der Waals surface area contributed by atoms with Crippen LogP contribution in [0.4, 0.5) is 17.1 Å². The molecule has 3 aromatic carbocycles. The van der Waals surface area contributed by atoms with Crippen LogP contribution in [0.2, 0.25) is 0 Å². The van der Waals surface area contributed by atoms with E-state index in [2.05, 4.69) is 84.6 Å². The fraction of sp³-hybridized carbons (Fsp3) is 0.379. The number of hydrogen-bond donors (Lipinski definition) is 0. The average molecular weight is 464 g/mol. The molecule has 5 heteroatoms. The molecule has 2 unspecified atom stereocenters. The largest absolute Gasteiger partial charge is 0.353 e. The lowest BCUT2D eigenvalue weighted by Crippen LogP contribution is -2.13. The van der Waals surface area contributed by atoms with E-state index in [4.69, 9.17) is 18.9 Å². The Morgan fingerprint density at radius 2 is 0.912 bits per heavy atom. The standard InChI is InChI=1S/C29H37NO4/c1-6-31-23(4)33-20-25-10-16-28(17-11-25)30(27-14-8-22(3)9-15-27)29-18-12-26(13-19-29)21-34-24(5)32-7-2/h8-19,23-24H,6-7,20-21H2,1-5H3. The van der Waals surface area contributed by atoms with E-state index in [1.807, 2.05) is 27.7 Å². The Bertz CT molecular complexity index is 911. The smallest absolute Gasteiger partial charge is 0.155 e. The number of hydrogen-bond acceptors (Lipinski definition) is 5. The van der Waals surface area contributed by atoms with Gasteiger partial charge in [0.2, 0.25) is 0 Å². The number of anilines is 3. The van der Waals surface area contributed by atoms with Gasteiger partial charge in [-0.2, -0.15) is 0 Å². The summed E-state index contributed by atoms with van der Waals surface area (Å²) in [5, 5.41) is 0. The zero-order chi connectivity index (χ0) is 24.3. The van der Waals surface area contributed by atoms with Gasteiger partial charge in [-0.05, 0) is 82.1 Å². The maximum absolute atomic E-state index is 5.76. The van der Waals surface area contributed by atoms with E-state index in [9.17, 15) is 0 Å². The van der Waals surface area contributed by atoms with Crippen LogP contribution in [0.1, 0.15) is 44.4 Å². The summed E-state index contributed by atoms with van der Waals surface area (Å²) in [5.41, 5.74) is 6.72. The molecule has 0 saturated carbocycles. The minimum atomic E-state index is -0.215. The molecule has 34 heavy (non-hydrogen) atoms. The summed E-state index contributed by atoms with van der Waals surface area (Å²) < 4.78 is 22.4. The van der Waals surface area contributed by atoms with Crippen molar-refractivity contribution >= 4 is 17.1 Å². The molecule has 0 N–H and O–H groups in total. The minimum Gasteiger partial charge on any atom is -0.353 e. The lowest BCUT2D eigenvalue weighted by molar-refractivity contribution is -0.134. The van der Waals surface area contributed by atoms with Gasteiger partial charge in [0.1, 0.15) is 0 Å². The van der Waals surface area contributed by atoms with E-state index in [0.717, 1.165) is 28.2 Å². The topological polar surface area (TPSA) is 40.2 Å². The maximum atomic E-state index is 5.76. The summed E-state index contributed by atoms with van der Waals surface area (Å²) in [4.78, 5) is 2.25. The van der Waals surface area contributed by atoms with Crippen molar-refractivity contribution in [2.75, 3.05) is 18.1 Å². The van der Waals surface area contributed by atoms with Crippen LogP contribution in [0.15, 0.2) is 72.8 Å². The van der Waals surface area contributed by atoms with Crippen LogP contribution < -0.4 is 4.90 Å². The van der Waals surface area contributed by atoms with E-state index in [0.29, 0.717) is 26.4 Å². The summed E-state index contributed by atoms with van der Waals surface area (Å²) in [6.45, 7) is 12.2. The van der Waals surface area contributed by atoms with Crippen molar-refractivity contribution in [3.8, 4) is 0 Å². The van der Waals surface area contributed by atoms with Crippen molar-refractivity contribution in [3.05, 3.63) is 89.5 Å². The third-order valence-electron chi connectivity index (χ3n) is 5.45. The monoisotopic (exact) mass is 463 g/mol. The van der Waals surface area contributed by atoms with Crippen LogP contribution in [-0.2, 0) is 32.2 Å². The fourth-order valence-corrected chi connectivity index (χ4v) is 3.62. The highest BCUT2D eigenvalue weighted by Gasteiger charge is 2.13. The van der Waals surface area contributed by atoms with Crippen molar-refractivity contribution < 1.29 is 18.9 Å². The first-order chi connectivity index (χ1) is 16.5. The van der Waals surface area contributed by atoms with Gasteiger partial charge < -0.3 is 23.8 Å². The minimum absolute atomic E-state index is 0.215. The van der Waals surface area contributed by atoms with Crippen LogP contribution in [0.25, 0.3) is 0 Å². The van der Waals surface area contributed by atoms with Crippen molar-refractivity contribution in [2.45, 2.75) is 60.4 Å². The quantitative estimate of drug-likeness (QED) is 0.249. The van der Waals surface area contributed by atoms with E-state index in [1.165, 1.54) is 5.56 Å². The van der Waals surface area contributed by atoms with Gasteiger partial charge in [-0.3, -0.25) is 0 Å². The summed E-state index contributed by atoms with van der Waals surface area (Å²) in [7, 11) is 0. The van der Waals surface area contributed by atoms with Gasteiger partial charge in [0, 0.05) is 30.3 Å². The predicted octanol–water partition coefficient (Wildman–Crippen LogP) is 7.26. The molecule has 0 bridgehead atoms. The Balaban J connectivity index is 1.79. The Labute approximate surface area is 204 Å². The highest BCUT2D eigenvalue weighted by atomic mass is 16.7. The molecule has 3 aromatic rings. The Hall–Kier alpha value is -2.70. The molecule has 0 spiro atoms. The number of aryl methyl sites for hydroxylation is 1. The Morgan fingerprint density at radius 3 is 1.26 bits per heavy atom. The van der Waals surface area contributed by atoms with Crippen LogP contribution >= 0.6 is 0 Å². The molecule has 0 fully saturated rings. The van der Waals surface area contributed by atoms with Crippen LogP contribution in [0, 0.1) is 6.92 Å². The first-order valence-corrected chi connectivity index (χ1v) is 12.0. The molecule has 0 saturated heterocycles. The first-order valence-electron chi connectivity index (χ1n) is 12.0. The van der Waals surface area contributed by atoms with E-state index < -0.39 is 0 Å². The molecule has 3 rings (SSSR count). The van der Waals surface area contributed by atoms with Crippen LogP contribution in [-0.4, -0.2) is 25.8 Å².